The fraction of sp³-hybridized carbons (Fsp3) is 0.333. The molecule has 0 N–H and O–H groups in total. The van der Waals surface area contributed by atoms with E-state index in [-0.39, 0.29) is 18.2 Å². The lowest BCUT2D eigenvalue weighted by Crippen LogP contribution is -2.10. The number of rotatable bonds is 4. The first kappa shape index (κ1) is 13.9. The fourth-order valence-corrected chi connectivity index (χ4v) is 1.92. The summed E-state index contributed by atoms with van der Waals surface area (Å²) >= 11 is 5.85. The van der Waals surface area contributed by atoms with Crippen molar-refractivity contribution in [1.82, 2.24) is 14.8 Å². The Balaban J connectivity index is 2.15. The maximum atomic E-state index is 12.1. The maximum Gasteiger partial charge on any atom is 0.389 e. The van der Waals surface area contributed by atoms with Crippen molar-refractivity contribution in [1.29, 1.82) is 0 Å². The number of nitrogens with zero attached hydrogens (tertiary/aromatic N) is 3. The van der Waals surface area contributed by atoms with Crippen LogP contribution >= 0.6 is 11.6 Å². The van der Waals surface area contributed by atoms with Gasteiger partial charge in [-0.25, -0.2) is 0 Å². The number of hydrogen-bond donors (Lipinski definition) is 0. The van der Waals surface area contributed by atoms with Gasteiger partial charge < -0.3 is 0 Å². The summed E-state index contributed by atoms with van der Waals surface area (Å²) < 4.78 is 37.9. The number of hydrogen-bond acceptors (Lipinski definition) is 2. The van der Waals surface area contributed by atoms with Crippen molar-refractivity contribution in [3.8, 4) is 11.4 Å². The van der Waals surface area contributed by atoms with E-state index in [9.17, 15) is 13.2 Å². The van der Waals surface area contributed by atoms with Crippen molar-refractivity contribution in [2.24, 2.45) is 0 Å². The zero-order valence-electron chi connectivity index (χ0n) is 9.86. The fourth-order valence-electron chi connectivity index (χ4n) is 1.72. The molecular weight excluding hydrogens is 279 g/mol. The van der Waals surface area contributed by atoms with Gasteiger partial charge in [-0.15, -0.1) is 10.2 Å². The summed E-state index contributed by atoms with van der Waals surface area (Å²) in [7, 11) is 0. The smallest absolute Gasteiger partial charge is 0.298 e. The van der Waals surface area contributed by atoms with Gasteiger partial charge in [-0.05, 0) is 18.0 Å². The van der Waals surface area contributed by atoms with E-state index < -0.39 is 12.6 Å². The third kappa shape index (κ3) is 3.70. The van der Waals surface area contributed by atoms with Crippen molar-refractivity contribution in [2.75, 3.05) is 0 Å². The van der Waals surface area contributed by atoms with Crippen LogP contribution in [0.4, 0.5) is 13.2 Å². The standard InChI is InChI=1S/C12H11ClF3N3/c13-11-18-17-10(9-5-2-1-3-6-9)19(11)8-4-7-12(14,15)16/h1-3,5-6H,4,7-8H2. The van der Waals surface area contributed by atoms with Gasteiger partial charge in [0.1, 0.15) is 0 Å². The molecular formula is C12H11ClF3N3. The first-order chi connectivity index (χ1) is 8.97. The first-order valence-electron chi connectivity index (χ1n) is 5.68. The summed E-state index contributed by atoms with van der Waals surface area (Å²) in [5.41, 5.74) is 0.772. The van der Waals surface area contributed by atoms with Crippen LogP contribution < -0.4 is 0 Å². The van der Waals surface area contributed by atoms with Crippen molar-refractivity contribution < 1.29 is 13.2 Å². The van der Waals surface area contributed by atoms with E-state index in [1.54, 1.807) is 12.1 Å². The average molecular weight is 290 g/mol. The van der Waals surface area contributed by atoms with Gasteiger partial charge in [-0.3, -0.25) is 4.57 Å². The minimum absolute atomic E-state index is 0.0545. The highest BCUT2D eigenvalue weighted by Gasteiger charge is 2.26. The molecule has 0 fully saturated rings. The van der Waals surface area contributed by atoms with Crippen molar-refractivity contribution >= 4 is 11.6 Å². The molecule has 1 aromatic carbocycles. The average Bonchev–Trinajstić information content (AvgIpc) is 2.71. The summed E-state index contributed by atoms with van der Waals surface area (Å²) in [6.07, 6.45) is -5.07. The minimum atomic E-state index is -4.16. The minimum Gasteiger partial charge on any atom is -0.298 e. The second-order valence-electron chi connectivity index (χ2n) is 4.03. The molecule has 0 saturated carbocycles. The third-order valence-corrected chi connectivity index (χ3v) is 2.86. The monoisotopic (exact) mass is 289 g/mol. The van der Waals surface area contributed by atoms with Gasteiger partial charge in [-0.2, -0.15) is 13.2 Å². The van der Waals surface area contributed by atoms with Gasteiger partial charge in [0.2, 0.25) is 5.28 Å². The van der Waals surface area contributed by atoms with Crippen LogP contribution in [0.1, 0.15) is 12.8 Å². The molecule has 2 rings (SSSR count). The van der Waals surface area contributed by atoms with Crippen LogP contribution in [0.3, 0.4) is 0 Å². The Bertz CT molecular complexity index is 537. The van der Waals surface area contributed by atoms with Crippen LogP contribution in [-0.2, 0) is 6.54 Å². The first-order valence-corrected chi connectivity index (χ1v) is 6.06. The molecule has 0 saturated heterocycles. The molecule has 102 valence electrons. The van der Waals surface area contributed by atoms with Crippen LogP contribution in [0.2, 0.25) is 5.28 Å². The lowest BCUT2D eigenvalue weighted by molar-refractivity contribution is -0.135. The lowest BCUT2D eigenvalue weighted by atomic mass is 10.2. The van der Waals surface area contributed by atoms with Gasteiger partial charge in [0.05, 0.1) is 0 Å². The van der Waals surface area contributed by atoms with E-state index in [4.69, 9.17) is 11.6 Å². The van der Waals surface area contributed by atoms with E-state index in [1.165, 1.54) is 4.57 Å². The maximum absolute atomic E-state index is 12.1. The molecule has 0 amide bonds. The van der Waals surface area contributed by atoms with Gasteiger partial charge in [-0.1, -0.05) is 30.3 Å². The van der Waals surface area contributed by atoms with Gasteiger partial charge in [0, 0.05) is 18.5 Å². The van der Waals surface area contributed by atoms with E-state index in [2.05, 4.69) is 10.2 Å². The van der Waals surface area contributed by atoms with E-state index in [0.29, 0.717) is 5.82 Å². The molecule has 0 bridgehead atoms. The number of halogens is 4. The Kier molecular flexibility index (Phi) is 4.09. The molecule has 0 unspecified atom stereocenters. The Morgan fingerprint density at radius 3 is 2.42 bits per heavy atom. The molecule has 2 aromatic rings. The molecule has 0 aliphatic heterocycles. The van der Waals surface area contributed by atoms with Crippen LogP contribution in [0.15, 0.2) is 30.3 Å². The highest BCUT2D eigenvalue weighted by atomic mass is 35.5. The van der Waals surface area contributed by atoms with Crippen molar-refractivity contribution in [2.45, 2.75) is 25.6 Å². The number of alkyl halides is 3. The van der Waals surface area contributed by atoms with E-state index in [1.807, 2.05) is 18.2 Å². The summed E-state index contributed by atoms with van der Waals surface area (Å²) in [5, 5.41) is 7.70. The van der Waals surface area contributed by atoms with Gasteiger partial charge in [0.25, 0.3) is 0 Å². The largest absolute Gasteiger partial charge is 0.389 e. The predicted molar refractivity (Wildman–Crippen MR) is 65.8 cm³/mol. The topological polar surface area (TPSA) is 30.7 Å². The summed E-state index contributed by atoms with van der Waals surface area (Å²) in [4.78, 5) is 0. The van der Waals surface area contributed by atoms with Crippen LogP contribution in [0, 0.1) is 0 Å². The number of benzene rings is 1. The summed E-state index contributed by atoms with van der Waals surface area (Å²) in [6, 6.07) is 9.09. The summed E-state index contributed by atoms with van der Waals surface area (Å²) in [6.45, 7) is 0.134. The van der Waals surface area contributed by atoms with Gasteiger partial charge in [0.15, 0.2) is 5.82 Å². The zero-order chi connectivity index (χ0) is 13.9. The Labute approximate surface area is 113 Å². The van der Waals surface area contributed by atoms with Crippen molar-refractivity contribution in [3.05, 3.63) is 35.6 Å². The molecule has 3 nitrogen and oxygen atoms in total. The van der Waals surface area contributed by atoms with Crippen LogP contribution in [0.5, 0.6) is 0 Å². The Morgan fingerprint density at radius 1 is 1.11 bits per heavy atom. The predicted octanol–water partition coefficient (Wildman–Crippen LogP) is 3.94. The van der Waals surface area contributed by atoms with Gasteiger partial charge >= 0.3 is 6.18 Å². The quantitative estimate of drug-likeness (QED) is 0.853. The van der Waals surface area contributed by atoms with E-state index in [0.717, 1.165) is 5.56 Å². The van der Waals surface area contributed by atoms with Crippen LogP contribution in [0.25, 0.3) is 11.4 Å². The molecule has 7 heteroatoms. The zero-order valence-corrected chi connectivity index (χ0v) is 10.6. The Hall–Kier alpha value is -1.56. The highest BCUT2D eigenvalue weighted by Crippen LogP contribution is 2.24. The third-order valence-electron chi connectivity index (χ3n) is 2.58. The molecule has 1 aromatic heterocycles. The highest BCUT2D eigenvalue weighted by molar-refractivity contribution is 6.28. The Morgan fingerprint density at radius 2 is 1.79 bits per heavy atom. The SMILES string of the molecule is FC(F)(F)CCCn1c(Cl)nnc1-c1ccccc1. The molecule has 0 aliphatic rings. The molecule has 0 spiro atoms. The van der Waals surface area contributed by atoms with E-state index >= 15 is 0 Å². The molecule has 0 aliphatic carbocycles. The van der Waals surface area contributed by atoms with Crippen molar-refractivity contribution in [3.63, 3.8) is 0 Å². The second kappa shape index (κ2) is 5.61. The molecule has 0 atom stereocenters. The van der Waals surface area contributed by atoms with Crippen LogP contribution in [-0.4, -0.2) is 20.9 Å². The normalized spacial score (nSPS) is 11.8. The lowest BCUT2D eigenvalue weighted by Gasteiger charge is -2.09. The second-order valence-corrected chi connectivity index (χ2v) is 4.37. The molecule has 0 radical (unpaired) electrons. The summed E-state index contributed by atoms with van der Waals surface area (Å²) in [5.74, 6) is 0.479. The molecule has 19 heavy (non-hydrogen) atoms. The number of aromatic nitrogens is 3. The molecule has 1 heterocycles.